The molecule has 0 saturated heterocycles. The Hall–Kier alpha value is -0.370. The van der Waals surface area contributed by atoms with E-state index in [4.69, 9.17) is 0 Å². The van der Waals surface area contributed by atoms with Crippen LogP contribution in [0.1, 0.15) is 0 Å². The summed E-state index contributed by atoms with van der Waals surface area (Å²) in [5.41, 5.74) is 0. The molecule has 0 radical (unpaired) electrons. The monoisotopic (exact) mass is 354 g/mol. The molecule has 0 saturated carbocycles. The van der Waals surface area contributed by atoms with Gasteiger partial charge in [0.15, 0.2) is 11.6 Å². The Bertz CT molecular complexity index is 364. The van der Waals surface area contributed by atoms with Crippen LogP contribution in [-0.2, 0) is 0 Å². The number of benzene rings is 1. The molecule has 15 heavy (non-hydrogen) atoms. The molecule has 0 aliphatic carbocycles. The second-order valence-electron chi connectivity index (χ2n) is 2.35. The van der Waals surface area contributed by atoms with Gasteiger partial charge in [0.1, 0.15) is 0 Å². The number of alkyl halides is 3. The number of hydrogen-bond donors (Lipinski definition) is 0. The molecular weight excluding hydrogens is 355 g/mol. The second kappa shape index (κ2) is 4.25. The largest absolute Gasteiger partial charge is 0.573 e. The van der Waals surface area contributed by atoms with Crippen LogP contribution in [0.3, 0.4) is 0 Å². The van der Waals surface area contributed by atoms with Crippen molar-refractivity contribution < 1.29 is 26.7 Å². The average Bonchev–Trinajstić information content (AvgIpc) is 2.08. The number of rotatable bonds is 1. The lowest BCUT2D eigenvalue weighted by Crippen LogP contribution is -2.19. The van der Waals surface area contributed by atoms with Gasteiger partial charge >= 0.3 is 6.36 Å². The first-order valence-electron chi connectivity index (χ1n) is 3.31. The average molecular weight is 356 g/mol. The summed E-state index contributed by atoms with van der Waals surface area (Å²) in [5.74, 6) is -4.40. The summed E-state index contributed by atoms with van der Waals surface area (Å²) in [6.07, 6.45) is -5.15. The van der Waals surface area contributed by atoms with Gasteiger partial charge in [-0.2, -0.15) is 0 Å². The van der Waals surface area contributed by atoms with E-state index in [1.165, 1.54) is 0 Å². The van der Waals surface area contributed by atoms with Crippen molar-refractivity contribution in [1.29, 1.82) is 0 Å². The van der Waals surface area contributed by atoms with Gasteiger partial charge < -0.3 is 4.74 Å². The topological polar surface area (TPSA) is 9.23 Å². The molecule has 84 valence electrons. The molecular formula is C7HBr2F5O. The zero-order valence-corrected chi connectivity index (χ0v) is 9.80. The highest BCUT2D eigenvalue weighted by atomic mass is 79.9. The minimum absolute atomic E-state index is 0.338. The highest BCUT2D eigenvalue weighted by Crippen LogP contribution is 2.36. The number of halogens is 7. The van der Waals surface area contributed by atoms with Crippen LogP contribution < -0.4 is 4.74 Å². The van der Waals surface area contributed by atoms with Crippen molar-refractivity contribution in [2.24, 2.45) is 0 Å². The quantitative estimate of drug-likeness (QED) is 0.536. The van der Waals surface area contributed by atoms with Crippen LogP contribution in [0.25, 0.3) is 0 Å². The maximum absolute atomic E-state index is 13.0. The molecule has 0 bridgehead atoms. The van der Waals surface area contributed by atoms with Crippen molar-refractivity contribution >= 4 is 31.9 Å². The maximum atomic E-state index is 13.0. The van der Waals surface area contributed by atoms with E-state index in [1.54, 1.807) is 0 Å². The molecule has 0 atom stereocenters. The highest BCUT2D eigenvalue weighted by molar-refractivity contribution is 9.11. The van der Waals surface area contributed by atoms with Gasteiger partial charge in [-0.05, 0) is 37.9 Å². The normalized spacial score (nSPS) is 11.7. The van der Waals surface area contributed by atoms with Gasteiger partial charge in [0.25, 0.3) is 0 Å². The SMILES string of the molecule is Fc1c(Br)cc(Br)c(F)c1OC(F)(F)F. The molecule has 8 heteroatoms. The molecule has 0 N–H and O–H groups in total. The van der Waals surface area contributed by atoms with Crippen molar-refractivity contribution in [3.05, 3.63) is 26.6 Å². The van der Waals surface area contributed by atoms with Crippen LogP contribution in [0.5, 0.6) is 5.75 Å². The lowest BCUT2D eigenvalue weighted by atomic mass is 10.3. The van der Waals surface area contributed by atoms with E-state index in [9.17, 15) is 22.0 Å². The van der Waals surface area contributed by atoms with Crippen LogP contribution in [0.4, 0.5) is 22.0 Å². The maximum Gasteiger partial charge on any atom is 0.573 e. The molecule has 0 spiro atoms. The predicted molar refractivity (Wildman–Crippen MR) is 48.4 cm³/mol. The van der Waals surface area contributed by atoms with Gasteiger partial charge in [0.2, 0.25) is 5.75 Å². The summed E-state index contributed by atoms with van der Waals surface area (Å²) >= 11 is 5.24. The molecule has 0 aromatic heterocycles. The van der Waals surface area contributed by atoms with Gasteiger partial charge in [-0.15, -0.1) is 13.2 Å². The Balaban J connectivity index is 3.27. The summed E-state index contributed by atoms with van der Waals surface area (Å²) in [6.45, 7) is 0. The fraction of sp³-hybridized carbons (Fsp3) is 0.143. The van der Waals surface area contributed by atoms with Gasteiger partial charge in [0.05, 0.1) is 8.95 Å². The van der Waals surface area contributed by atoms with E-state index in [-0.39, 0.29) is 8.95 Å². The van der Waals surface area contributed by atoms with Crippen molar-refractivity contribution in [1.82, 2.24) is 0 Å². The smallest absolute Gasteiger partial charge is 0.399 e. The van der Waals surface area contributed by atoms with Crippen molar-refractivity contribution in [2.45, 2.75) is 6.36 Å². The van der Waals surface area contributed by atoms with E-state index >= 15 is 0 Å². The fourth-order valence-corrected chi connectivity index (χ4v) is 1.88. The Morgan fingerprint density at radius 1 is 1.00 bits per heavy atom. The molecule has 1 aromatic carbocycles. The summed E-state index contributed by atoms with van der Waals surface area (Å²) in [4.78, 5) is 0. The molecule has 0 fully saturated rings. The second-order valence-corrected chi connectivity index (χ2v) is 4.05. The van der Waals surface area contributed by atoms with Crippen LogP contribution in [0.15, 0.2) is 15.0 Å². The molecule has 0 aliphatic rings. The fourth-order valence-electron chi connectivity index (χ4n) is 0.757. The van der Waals surface area contributed by atoms with E-state index in [0.717, 1.165) is 6.07 Å². The molecule has 0 unspecified atom stereocenters. The summed E-state index contributed by atoms with van der Waals surface area (Å²) in [5, 5.41) is 0. The third kappa shape index (κ3) is 3.04. The Morgan fingerprint density at radius 2 is 1.40 bits per heavy atom. The van der Waals surface area contributed by atoms with Crippen LogP contribution in [-0.4, -0.2) is 6.36 Å². The van der Waals surface area contributed by atoms with Crippen molar-refractivity contribution in [3.63, 3.8) is 0 Å². The van der Waals surface area contributed by atoms with E-state index in [1.807, 2.05) is 0 Å². The van der Waals surface area contributed by atoms with Gasteiger partial charge in [0, 0.05) is 0 Å². The van der Waals surface area contributed by atoms with Gasteiger partial charge in [-0.25, -0.2) is 8.78 Å². The summed E-state index contributed by atoms with van der Waals surface area (Å²) < 4.78 is 64.0. The lowest BCUT2D eigenvalue weighted by Gasteiger charge is -2.11. The standard InChI is InChI=1S/C7HBr2F5O/c8-2-1-3(9)5(11)6(4(2)10)15-7(12,13)14/h1H. The number of hydrogen-bond acceptors (Lipinski definition) is 1. The van der Waals surface area contributed by atoms with Gasteiger partial charge in [-0.1, -0.05) is 0 Å². The minimum Gasteiger partial charge on any atom is -0.399 e. The van der Waals surface area contributed by atoms with Crippen LogP contribution in [0.2, 0.25) is 0 Å². The van der Waals surface area contributed by atoms with E-state index in [0.29, 0.717) is 0 Å². The minimum atomic E-state index is -5.15. The van der Waals surface area contributed by atoms with Crippen LogP contribution in [0, 0.1) is 11.6 Å². The van der Waals surface area contributed by atoms with Crippen molar-refractivity contribution in [2.75, 3.05) is 0 Å². The summed E-state index contributed by atoms with van der Waals surface area (Å²) in [7, 11) is 0. The zero-order valence-electron chi connectivity index (χ0n) is 6.63. The first kappa shape index (κ1) is 12.7. The number of ether oxygens (including phenoxy) is 1. The Labute approximate surface area is 97.5 Å². The highest BCUT2D eigenvalue weighted by Gasteiger charge is 2.35. The van der Waals surface area contributed by atoms with E-state index in [2.05, 4.69) is 36.6 Å². The van der Waals surface area contributed by atoms with E-state index < -0.39 is 23.7 Å². The predicted octanol–water partition coefficient (Wildman–Crippen LogP) is 4.39. The molecule has 1 nitrogen and oxygen atoms in total. The Morgan fingerprint density at radius 3 is 1.73 bits per heavy atom. The first-order valence-corrected chi connectivity index (χ1v) is 4.89. The molecule has 0 aliphatic heterocycles. The lowest BCUT2D eigenvalue weighted by molar-refractivity contribution is -0.276. The summed E-state index contributed by atoms with van der Waals surface area (Å²) in [6, 6.07) is 0.938. The van der Waals surface area contributed by atoms with Gasteiger partial charge in [-0.3, -0.25) is 0 Å². The molecule has 1 aromatic rings. The van der Waals surface area contributed by atoms with Crippen LogP contribution >= 0.6 is 31.9 Å². The third-order valence-corrected chi connectivity index (χ3v) is 2.44. The molecule has 0 heterocycles. The molecule has 0 amide bonds. The van der Waals surface area contributed by atoms with Crippen molar-refractivity contribution in [3.8, 4) is 5.75 Å². The third-order valence-electron chi connectivity index (χ3n) is 1.29. The Kier molecular flexibility index (Phi) is 3.59. The molecule has 1 rings (SSSR count). The first-order chi connectivity index (χ1) is 6.72. The zero-order chi connectivity index (χ0) is 11.8.